The summed E-state index contributed by atoms with van der Waals surface area (Å²) >= 11 is 0. The molecule has 110 valence electrons. The zero-order valence-electron chi connectivity index (χ0n) is 13.1. The van der Waals surface area contributed by atoms with Crippen LogP contribution in [-0.4, -0.2) is 36.1 Å². The predicted octanol–water partition coefficient (Wildman–Crippen LogP) is 3.28. The summed E-state index contributed by atoms with van der Waals surface area (Å²) in [5, 5.41) is 3.87. The van der Waals surface area contributed by atoms with Crippen molar-refractivity contribution >= 4 is 0 Å². The van der Waals surface area contributed by atoms with Crippen molar-refractivity contribution in [1.29, 1.82) is 0 Å². The van der Waals surface area contributed by atoms with E-state index in [1.54, 1.807) is 0 Å². The van der Waals surface area contributed by atoms with Crippen molar-refractivity contribution < 1.29 is 0 Å². The van der Waals surface area contributed by atoms with Crippen molar-refractivity contribution in [3.05, 3.63) is 0 Å². The van der Waals surface area contributed by atoms with Gasteiger partial charge in [-0.1, -0.05) is 13.8 Å². The van der Waals surface area contributed by atoms with Crippen LogP contribution in [0, 0.1) is 17.8 Å². The highest BCUT2D eigenvalue weighted by Crippen LogP contribution is 2.42. The highest BCUT2D eigenvalue weighted by Gasteiger charge is 2.44. The zero-order chi connectivity index (χ0) is 13.5. The summed E-state index contributed by atoms with van der Waals surface area (Å²) in [4.78, 5) is 2.85. The van der Waals surface area contributed by atoms with Crippen molar-refractivity contribution in [3.63, 3.8) is 0 Å². The lowest BCUT2D eigenvalue weighted by atomic mass is 9.79. The monoisotopic (exact) mass is 264 g/mol. The number of rotatable bonds is 2. The average Bonchev–Trinajstić information content (AvgIpc) is 3.13. The Morgan fingerprint density at radius 1 is 1.05 bits per heavy atom. The van der Waals surface area contributed by atoms with Crippen LogP contribution in [0.4, 0.5) is 0 Å². The van der Waals surface area contributed by atoms with Gasteiger partial charge in [-0.25, -0.2) is 0 Å². The smallest absolute Gasteiger partial charge is 0.0308 e. The Morgan fingerprint density at radius 2 is 1.74 bits per heavy atom. The molecular formula is C17H32N2. The molecule has 2 aliphatic carbocycles. The SMILES string of the molecule is CC1CC(C)CC(N2CCCNC(C)(C3CC3)C2)C1. The molecule has 3 rings (SSSR count). The maximum atomic E-state index is 3.87. The Hall–Kier alpha value is -0.0800. The molecule has 0 amide bonds. The fraction of sp³-hybridized carbons (Fsp3) is 1.00. The molecule has 0 aromatic heterocycles. The molecule has 3 aliphatic rings. The molecule has 3 fully saturated rings. The van der Waals surface area contributed by atoms with E-state index < -0.39 is 0 Å². The number of hydrogen-bond donors (Lipinski definition) is 1. The normalized spacial score (nSPS) is 45.9. The second kappa shape index (κ2) is 5.37. The largest absolute Gasteiger partial charge is 0.310 e. The molecular weight excluding hydrogens is 232 g/mol. The quantitative estimate of drug-likeness (QED) is 0.823. The minimum Gasteiger partial charge on any atom is -0.310 e. The minimum absolute atomic E-state index is 0.403. The van der Waals surface area contributed by atoms with E-state index in [2.05, 4.69) is 31.0 Å². The van der Waals surface area contributed by atoms with Gasteiger partial charge in [0.2, 0.25) is 0 Å². The van der Waals surface area contributed by atoms with E-state index in [9.17, 15) is 0 Å². The van der Waals surface area contributed by atoms with Gasteiger partial charge in [0.1, 0.15) is 0 Å². The van der Waals surface area contributed by atoms with Gasteiger partial charge in [-0.2, -0.15) is 0 Å². The summed E-state index contributed by atoms with van der Waals surface area (Å²) in [7, 11) is 0. The van der Waals surface area contributed by atoms with Crippen LogP contribution in [-0.2, 0) is 0 Å². The topological polar surface area (TPSA) is 15.3 Å². The first-order chi connectivity index (χ1) is 9.07. The fourth-order valence-electron chi connectivity index (χ4n) is 4.72. The molecule has 3 unspecified atom stereocenters. The van der Waals surface area contributed by atoms with E-state index in [-0.39, 0.29) is 0 Å². The standard InChI is InChI=1S/C17H32N2/c1-13-9-14(2)11-16(10-13)19-8-4-7-18-17(3,12-19)15-5-6-15/h13-16,18H,4-12H2,1-3H3. The highest BCUT2D eigenvalue weighted by molar-refractivity contribution is 5.02. The fourth-order valence-corrected chi connectivity index (χ4v) is 4.72. The van der Waals surface area contributed by atoms with Crippen LogP contribution in [0.1, 0.15) is 59.3 Å². The number of nitrogens with one attached hydrogen (secondary N) is 1. The summed E-state index contributed by atoms with van der Waals surface area (Å²) < 4.78 is 0. The van der Waals surface area contributed by atoms with Gasteiger partial charge in [0.25, 0.3) is 0 Å². The average molecular weight is 264 g/mol. The minimum atomic E-state index is 0.403. The Kier molecular flexibility index (Phi) is 3.92. The third-order valence-corrected chi connectivity index (χ3v) is 5.83. The Bertz CT molecular complexity index is 302. The lowest BCUT2D eigenvalue weighted by molar-refractivity contribution is 0.0883. The lowest BCUT2D eigenvalue weighted by Gasteiger charge is -2.42. The molecule has 0 spiro atoms. The van der Waals surface area contributed by atoms with E-state index in [0.717, 1.165) is 23.8 Å². The van der Waals surface area contributed by atoms with Crippen LogP contribution in [0.25, 0.3) is 0 Å². The number of hydrogen-bond acceptors (Lipinski definition) is 2. The summed E-state index contributed by atoms with van der Waals surface area (Å²) in [5.41, 5.74) is 0.403. The Morgan fingerprint density at radius 3 is 2.37 bits per heavy atom. The molecule has 0 aromatic rings. The van der Waals surface area contributed by atoms with Gasteiger partial charge in [0.15, 0.2) is 0 Å². The van der Waals surface area contributed by atoms with Crippen molar-refractivity contribution in [3.8, 4) is 0 Å². The summed E-state index contributed by atoms with van der Waals surface area (Å²) in [6.45, 7) is 11.2. The number of nitrogens with zero attached hydrogens (tertiary/aromatic N) is 1. The molecule has 3 atom stereocenters. The summed E-state index contributed by atoms with van der Waals surface area (Å²) in [6, 6.07) is 0.858. The van der Waals surface area contributed by atoms with E-state index in [1.165, 1.54) is 58.2 Å². The van der Waals surface area contributed by atoms with Crippen molar-refractivity contribution in [2.75, 3.05) is 19.6 Å². The molecule has 0 radical (unpaired) electrons. The van der Waals surface area contributed by atoms with Crippen LogP contribution in [0.2, 0.25) is 0 Å². The third-order valence-electron chi connectivity index (χ3n) is 5.83. The molecule has 19 heavy (non-hydrogen) atoms. The van der Waals surface area contributed by atoms with Crippen LogP contribution in [0.5, 0.6) is 0 Å². The van der Waals surface area contributed by atoms with E-state index >= 15 is 0 Å². The summed E-state index contributed by atoms with van der Waals surface area (Å²) in [5.74, 6) is 2.81. The molecule has 1 aliphatic heterocycles. The molecule has 1 heterocycles. The second-order valence-corrected chi connectivity index (χ2v) is 8.01. The molecule has 0 bridgehead atoms. The van der Waals surface area contributed by atoms with Crippen LogP contribution in [0.15, 0.2) is 0 Å². The zero-order valence-corrected chi connectivity index (χ0v) is 13.1. The lowest BCUT2D eigenvalue weighted by Crippen LogP contribution is -2.53. The molecule has 2 heteroatoms. The maximum absolute atomic E-state index is 3.87. The Labute approximate surface area is 119 Å². The van der Waals surface area contributed by atoms with Gasteiger partial charge < -0.3 is 5.32 Å². The van der Waals surface area contributed by atoms with Crippen molar-refractivity contribution in [2.45, 2.75) is 70.9 Å². The molecule has 2 saturated carbocycles. The van der Waals surface area contributed by atoms with Gasteiger partial charge in [-0.05, 0) is 76.3 Å². The highest BCUT2D eigenvalue weighted by atomic mass is 15.2. The van der Waals surface area contributed by atoms with E-state index in [0.29, 0.717) is 5.54 Å². The predicted molar refractivity (Wildman–Crippen MR) is 81.3 cm³/mol. The van der Waals surface area contributed by atoms with Crippen molar-refractivity contribution in [2.24, 2.45) is 17.8 Å². The van der Waals surface area contributed by atoms with E-state index in [4.69, 9.17) is 0 Å². The van der Waals surface area contributed by atoms with Crippen molar-refractivity contribution in [1.82, 2.24) is 10.2 Å². The summed E-state index contributed by atoms with van der Waals surface area (Å²) in [6.07, 6.45) is 8.56. The molecule has 2 nitrogen and oxygen atoms in total. The van der Waals surface area contributed by atoms with Gasteiger partial charge >= 0.3 is 0 Å². The van der Waals surface area contributed by atoms with Gasteiger partial charge in [-0.15, -0.1) is 0 Å². The van der Waals surface area contributed by atoms with Crippen LogP contribution >= 0.6 is 0 Å². The van der Waals surface area contributed by atoms with Gasteiger partial charge in [0, 0.05) is 18.1 Å². The van der Waals surface area contributed by atoms with Crippen LogP contribution in [0.3, 0.4) is 0 Å². The molecule has 1 saturated heterocycles. The van der Waals surface area contributed by atoms with E-state index in [1.807, 2.05) is 0 Å². The first kappa shape index (κ1) is 13.9. The first-order valence-electron chi connectivity index (χ1n) is 8.56. The second-order valence-electron chi connectivity index (χ2n) is 8.01. The molecule has 0 aromatic carbocycles. The molecule has 1 N–H and O–H groups in total. The first-order valence-corrected chi connectivity index (χ1v) is 8.56. The van der Waals surface area contributed by atoms with Crippen LogP contribution < -0.4 is 5.32 Å². The maximum Gasteiger partial charge on any atom is 0.0308 e. The van der Waals surface area contributed by atoms with Gasteiger partial charge in [0.05, 0.1) is 0 Å². The van der Waals surface area contributed by atoms with Gasteiger partial charge in [-0.3, -0.25) is 4.90 Å². The Balaban J connectivity index is 1.68. The third kappa shape index (κ3) is 3.16.